The Kier molecular flexibility index (Phi) is 4.80. The second-order valence-corrected chi connectivity index (χ2v) is 4.71. The van der Waals surface area contributed by atoms with E-state index in [4.69, 9.17) is 4.74 Å². The monoisotopic (exact) mass is 285 g/mol. The van der Waals surface area contributed by atoms with E-state index in [2.05, 4.69) is 21.2 Å². The summed E-state index contributed by atoms with van der Waals surface area (Å²) < 4.78 is 6.07. The van der Waals surface area contributed by atoms with Gasteiger partial charge in [-0.15, -0.1) is 0 Å². The molecule has 0 atom stereocenters. The highest BCUT2D eigenvalue weighted by atomic mass is 79.9. The average molecular weight is 286 g/mol. The number of benzene rings is 1. The molecule has 1 rings (SSSR count). The molecule has 1 aromatic rings. The van der Waals surface area contributed by atoms with Gasteiger partial charge >= 0.3 is 5.97 Å². The molecule has 0 fully saturated rings. The molecule has 0 spiro atoms. The van der Waals surface area contributed by atoms with Gasteiger partial charge < -0.3 is 10.1 Å². The van der Waals surface area contributed by atoms with Crippen LogP contribution in [-0.4, -0.2) is 18.6 Å². The van der Waals surface area contributed by atoms with Crippen LogP contribution in [0.2, 0.25) is 0 Å². The molecule has 0 heterocycles. The van der Waals surface area contributed by atoms with Gasteiger partial charge in [-0.1, -0.05) is 15.9 Å². The van der Waals surface area contributed by atoms with Crippen LogP contribution in [0, 0.1) is 6.92 Å². The van der Waals surface area contributed by atoms with Gasteiger partial charge in [0.1, 0.15) is 6.54 Å². The fourth-order valence-electron chi connectivity index (χ4n) is 1.23. The summed E-state index contributed by atoms with van der Waals surface area (Å²) in [5, 5.41) is 3.02. The number of ether oxygens (including phenoxy) is 1. The van der Waals surface area contributed by atoms with Gasteiger partial charge in [0.05, 0.1) is 6.10 Å². The van der Waals surface area contributed by atoms with E-state index in [-0.39, 0.29) is 18.6 Å². The highest BCUT2D eigenvalue weighted by Gasteiger charge is 2.05. The van der Waals surface area contributed by atoms with Crippen molar-refractivity contribution in [1.82, 2.24) is 0 Å². The lowest BCUT2D eigenvalue weighted by molar-refractivity contribution is -0.145. The largest absolute Gasteiger partial charge is 0.462 e. The van der Waals surface area contributed by atoms with E-state index in [1.807, 2.05) is 39.0 Å². The third-order valence-corrected chi connectivity index (χ3v) is 2.85. The van der Waals surface area contributed by atoms with Crippen LogP contribution >= 0.6 is 15.9 Å². The first-order valence-electron chi connectivity index (χ1n) is 5.18. The second kappa shape index (κ2) is 5.89. The van der Waals surface area contributed by atoms with Crippen molar-refractivity contribution in [2.45, 2.75) is 26.9 Å². The Morgan fingerprint density at radius 1 is 1.50 bits per heavy atom. The molecular formula is C12H16BrNO2. The van der Waals surface area contributed by atoms with E-state index in [0.29, 0.717) is 0 Å². The van der Waals surface area contributed by atoms with Gasteiger partial charge in [0.15, 0.2) is 0 Å². The Labute approximate surface area is 104 Å². The summed E-state index contributed by atoms with van der Waals surface area (Å²) in [5.74, 6) is -0.240. The van der Waals surface area contributed by atoms with Crippen molar-refractivity contribution in [3.05, 3.63) is 28.2 Å². The van der Waals surface area contributed by atoms with Gasteiger partial charge in [0.2, 0.25) is 0 Å². The molecule has 4 heteroatoms. The van der Waals surface area contributed by atoms with Crippen molar-refractivity contribution < 1.29 is 9.53 Å². The molecule has 1 N–H and O–H groups in total. The molecule has 1 aromatic carbocycles. The standard InChI is InChI=1S/C12H16BrNO2/c1-8(2)16-12(15)7-14-10-4-5-11(13)9(3)6-10/h4-6,8,14H,7H2,1-3H3. The maximum atomic E-state index is 11.3. The number of hydrogen-bond acceptors (Lipinski definition) is 3. The zero-order valence-corrected chi connectivity index (χ0v) is 11.3. The molecule has 88 valence electrons. The first-order valence-corrected chi connectivity index (χ1v) is 5.98. The van der Waals surface area contributed by atoms with Crippen LogP contribution in [0.3, 0.4) is 0 Å². The van der Waals surface area contributed by atoms with Crippen molar-refractivity contribution in [3.8, 4) is 0 Å². The smallest absolute Gasteiger partial charge is 0.325 e. The highest BCUT2D eigenvalue weighted by Crippen LogP contribution is 2.19. The molecule has 0 aromatic heterocycles. The van der Waals surface area contributed by atoms with Crippen LogP contribution in [0.5, 0.6) is 0 Å². The number of carbonyl (C=O) groups excluding carboxylic acids is 1. The van der Waals surface area contributed by atoms with Crippen molar-refractivity contribution in [2.24, 2.45) is 0 Å². The number of hydrogen-bond donors (Lipinski definition) is 1. The Morgan fingerprint density at radius 3 is 2.75 bits per heavy atom. The van der Waals surface area contributed by atoms with Crippen LogP contribution in [0.15, 0.2) is 22.7 Å². The van der Waals surface area contributed by atoms with Crippen molar-refractivity contribution in [1.29, 1.82) is 0 Å². The van der Waals surface area contributed by atoms with Crippen LogP contribution in [-0.2, 0) is 9.53 Å². The summed E-state index contributed by atoms with van der Waals surface area (Å²) in [7, 11) is 0. The lowest BCUT2D eigenvalue weighted by Gasteiger charge is -2.10. The number of nitrogens with one attached hydrogen (secondary N) is 1. The predicted octanol–water partition coefficient (Wildman–Crippen LogP) is 3.12. The Morgan fingerprint density at radius 2 is 2.19 bits per heavy atom. The maximum absolute atomic E-state index is 11.3. The molecule has 0 amide bonds. The van der Waals surface area contributed by atoms with Crippen LogP contribution in [0.25, 0.3) is 0 Å². The van der Waals surface area contributed by atoms with Crippen molar-refractivity contribution >= 4 is 27.6 Å². The van der Waals surface area contributed by atoms with Crippen LogP contribution < -0.4 is 5.32 Å². The molecule has 0 unspecified atom stereocenters. The first kappa shape index (κ1) is 13.0. The average Bonchev–Trinajstić information content (AvgIpc) is 2.19. The number of esters is 1. The minimum Gasteiger partial charge on any atom is -0.462 e. The third-order valence-electron chi connectivity index (χ3n) is 1.96. The molecule has 0 aliphatic carbocycles. The lowest BCUT2D eigenvalue weighted by Crippen LogP contribution is -2.20. The van der Waals surface area contributed by atoms with Crippen LogP contribution in [0.4, 0.5) is 5.69 Å². The number of anilines is 1. The summed E-state index contributed by atoms with van der Waals surface area (Å²) in [4.78, 5) is 11.3. The van der Waals surface area contributed by atoms with Crippen molar-refractivity contribution in [2.75, 3.05) is 11.9 Å². The lowest BCUT2D eigenvalue weighted by atomic mass is 10.2. The van der Waals surface area contributed by atoms with Gasteiger partial charge in [-0.25, -0.2) is 0 Å². The summed E-state index contributed by atoms with van der Waals surface area (Å²) in [5.41, 5.74) is 2.05. The molecule has 0 saturated carbocycles. The first-order chi connectivity index (χ1) is 7.49. The van der Waals surface area contributed by atoms with E-state index in [1.54, 1.807) is 0 Å². The number of aryl methyl sites for hydroxylation is 1. The SMILES string of the molecule is Cc1cc(NCC(=O)OC(C)C)ccc1Br. The quantitative estimate of drug-likeness (QED) is 0.864. The second-order valence-electron chi connectivity index (χ2n) is 3.86. The van der Waals surface area contributed by atoms with E-state index in [0.717, 1.165) is 15.7 Å². The Bertz CT molecular complexity index is 377. The Hall–Kier alpha value is -1.03. The summed E-state index contributed by atoms with van der Waals surface area (Å²) in [6, 6.07) is 5.85. The van der Waals surface area contributed by atoms with Gasteiger partial charge in [-0.05, 0) is 44.5 Å². The van der Waals surface area contributed by atoms with E-state index in [1.165, 1.54) is 0 Å². The fourth-order valence-corrected chi connectivity index (χ4v) is 1.48. The zero-order valence-electron chi connectivity index (χ0n) is 9.71. The highest BCUT2D eigenvalue weighted by molar-refractivity contribution is 9.10. The molecule has 0 radical (unpaired) electrons. The summed E-state index contributed by atoms with van der Waals surface area (Å²) in [6.07, 6.45) is -0.0686. The van der Waals surface area contributed by atoms with Gasteiger partial charge in [0, 0.05) is 10.2 Å². The molecular weight excluding hydrogens is 270 g/mol. The van der Waals surface area contributed by atoms with Gasteiger partial charge in [-0.3, -0.25) is 4.79 Å². The number of halogens is 1. The topological polar surface area (TPSA) is 38.3 Å². The molecule has 3 nitrogen and oxygen atoms in total. The molecule has 0 aliphatic heterocycles. The summed E-state index contributed by atoms with van der Waals surface area (Å²) in [6.45, 7) is 5.87. The third kappa shape index (κ3) is 4.23. The van der Waals surface area contributed by atoms with E-state index < -0.39 is 0 Å². The molecule has 0 bridgehead atoms. The summed E-state index contributed by atoms with van der Waals surface area (Å²) >= 11 is 3.42. The normalized spacial score (nSPS) is 10.3. The van der Waals surface area contributed by atoms with Crippen LogP contribution in [0.1, 0.15) is 19.4 Å². The van der Waals surface area contributed by atoms with Gasteiger partial charge in [0.25, 0.3) is 0 Å². The Balaban J connectivity index is 2.48. The molecule has 16 heavy (non-hydrogen) atoms. The van der Waals surface area contributed by atoms with Crippen molar-refractivity contribution in [3.63, 3.8) is 0 Å². The fraction of sp³-hybridized carbons (Fsp3) is 0.417. The minimum absolute atomic E-state index is 0.0686. The van der Waals surface area contributed by atoms with Gasteiger partial charge in [-0.2, -0.15) is 0 Å². The predicted molar refractivity (Wildman–Crippen MR) is 68.6 cm³/mol. The molecule has 0 saturated heterocycles. The van der Waals surface area contributed by atoms with E-state index in [9.17, 15) is 4.79 Å². The number of rotatable bonds is 4. The minimum atomic E-state index is -0.240. The van der Waals surface area contributed by atoms with E-state index >= 15 is 0 Å². The number of carbonyl (C=O) groups is 1. The molecule has 0 aliphatic rings. The maximum Gasteiger partial charge on any atom is 0.325 e. The zero-order chi connectivity index (χ0) is 12.1.